The molecule has 0 spiro atoms. The highest BCUT2D eigenvalue weighted by Gasteiger charge is 2.13. The van der Waals surface area contributed by atoms with Crippen LogP contribution in [0.1, 0.15) is 13.3 Å². The van der Waals surface area contributed by atoms with Gasteiger partial charge in [-0.15, -0.1) is 0 Å². The standard InChI is InChI=1S/C10H14F2N2/c1-3-4-14(2)10-8(11)5-7(13)6-9(10)12/h5-6H,3-4,13H2,1-2H3. The van der Waals surface area contributed by atoms with E-state index in [1.807, 2.05) is 6.92 Å². The van der Waals surface area contributed by atoms with E-state index in [4.69, 9.17) is 5.73 Å². The van der Waals surface area contributed by atoms with Crippen LogP contribution >= 0.6 is 0 Å². The number of anilines is 2. The van der Waals surface area contributed by atoms with Crippen molar-refractivity contribution in [2.75, 3.05) is 24.2 Å². The van der Waals surface area contributed by atoms with Gasteiger partial charge in [0, 0.05) is 19.3 Å². The minimum atomic E-state index is -0.613. The fraction of sp³-hybridized carbons (Fsp3) is 0.400. The molecule has 78 valence electrons. The summed E-state index contributed by atoms with van der Waals surface area (Å²) in [6, 6.07) is 2.26. The Balaban J connectivity index is 3.07. The summed E-state index contributed by atoms with van der Waals surface area (Å²) in [5.41, 5.74) is 5.40. The Morgan fingerprint density at radius 3 is 2.21 bits per heavy atom. The smallest absolute Gasteiger partial charge is 0.151 e. The minimum absolute atomic E-state index is 0.0129. The van der Waals surface area contributed by atoms with Crippen molar-refractivity contribution in [2.45, 2.75) is 13.3 Å². The van der Waals surface area contributed by atoms with Crippen LogP contribution < -0.4 is 10.6 Å². The first-order chi connectivity index (χ1) is 6.56. The van der Waals surface area contributed by atoms with Crippen molar-refractivity contribution in [2.24, 2.45) is 0 Å². The highest BCUT2D eigenvalue weighted by Crippen LogP contribution is 2.24. The van der Waals surface area contributed by atoms with Crippen molar-refractivity contribution < 1.29 is 8.78 Å². The molecule has 1 rings (SSSR count). The van der Waals surface area contributed by atoms with Gasteiger partial charge in [-0.25, -0.2) is 8.78 Å². The highest BCUT2D eigenvalue weighted by atomic mass is 19.1. The third-order valence-corrected chi connectivity index (χ3v) is 1.98. The maximum Gasteiger partial charge on any atom is 0.151 e. The first kappa shape index (κ1) is 10.8. The van der Waals surface area contributed by atoms with Crippen LogP contribution in [0, 0.1) is 11.6 Å². The summed E-state index contributed by atoms with van der Waals surface area (Å²) in [6.07, 6.45) is 0.833. The monoisotopic (exact) mass is 200 g/mol. The average molecular weight is 200 g/mol. The second-order valence-corrected chi connectivity index (χ2v) is 3.25. The van der Waals surface area contributed by atoms with Crippen molar-refractivity contribution in [3.05, 3.63) is 23.8 Å². The van der Waals surface area contributed by atoms with Gasteiger partial charge in [-0.1, -0.05) is 6.92 Å². The molecule has 0 bridgehead atoms. The molecule has 0 heterocycles. The molecule has 1 aromatic rings. The maximum absolute atomic E-state index is 13.3. The number of nitrogens with zero attached hydrogens (tertiary/aromatic N) is 1. The van der Waals surface area contributed by atoms with E-state index < -0.39 is 11.6 Å². The van der Waals surface area contributed by atoms with E-state index in [1.165, 1.54) is 0 Å². The van der Waals surface area contributed by atoms with Gasteiger partial charge in [0.15, 0.2) is 11.6 Å². The van der Waals surface area contributed by atoms with Crippen molar-refractivity contribution in [1.82, 2.24) is 0 Å². The molecule has 0 saturated heterocycles. The van der Waals surface area contributed by atoms with Gasteiger partial charge in [-0.3, -0.25) is 0 Å². The van der Waals surface area contributed by atoms with Crippen LogP contribution in [0.2, 0.25) is 0 Å². The lowest BCUT2D eigenvalue weighted by atomic mass is 10.2. The van der Waals surface area contributed by atoms with E-state index in [0.717, 1.165) is 18.6 Å². The first-order valence-electron chi connectivity index (χ1n) is 4.52. The number of hydrogen-bond acceptors (Lipinski definition) is 2. The molecule has 0 amide bonds. The fourth-order valence-corrected chi connectivity index (χ4v) is 1.40. The number of nitrogens with two attached hydrogens (primary N) is 1. The summed E-state index contributed by atoms with van der Waals surface area (Å²) in [6.45, 7) is 2.56. The lowest BCUT2D eigenvalue weighted by molar-refractivity contribution is 0.577. The van der Waals surface area contributed by atoms with Crippen molar-refractivity contribution >= 4 is 11.4 Å². The molecule has 14 heavy (non-hydrogen) atoms. The van der Waals surface area contributed by atoms with E-state index in [-0.39, 0.29) is 11.4 Å². The predicted octanol–water partition coefficient (Wildman–Crippen LogP) is 2.39. The minimum Gasteiger partial charge on any atom is -0.399 e. The van der Waals surface area contributed by atoms with Crippen LogP contribution in [-0.4, -0.2) is 13.6 Å². The van der Waals surface area contributed by atoms with E-state index in [9.17, 15) is 8.78 Å². The van der Waals surface area contributed by atoms with E-state index in [1.54, 1.807) is 11.9 Å². The molecule has 0 aliphatic rings. The van der Waals surface area contributed by atoms with Gasteiger partial charge in [0.05, 0.1) is 0 Å². The molecule has 2 N–H and O–H groups in total. The first-order valence-corrected chi connectivity index (χ1v) is 4.52. The SMILES string of the molecule is CCCN(C)c1c(F)cc(N)cc1F. The quantitative estimate of drug-likeness (QED) is 0.759. The Labute approximate surface area is 82.3 Å². The Kier molecular flexibility index (Phi) is 3.28. The normalized spacial score (nSPS) is 10.3. The molecule has 0 aliphatic heterocycles. The predicted molar refractivity (Wildman–Crippen MR) is 54.3 cm³/mol. The van der Waals surface area contributed by atoms with Crippen LogP contribution in [-0.2, 0) is 0 Å². The number of halogens is 2. The lowest BCUT2D eigenvalue weighted by Gasteiger charge is -2.19. The average Bonchev–Trinajstić information content (AvgIpc) is 2.01. The Hall–Kier alpha value is -1.32. The Morgan fingerprint density at radius 2 is 1.79 bits per heavy atom. The lowest BCUT2D eigenvalue weighted by Crippen LogP contribution is -2.20. The van der Waals surface area contributed by atoms with E-state index in [0.29, 0.717) is 6.54 Å². The summed E-state index contributed by atoms with van der Waals surface area (Å²) < 4.78 is 26.6. The third kappa shape index (κ3) is 2.13. The van der Waals surface area contributed by atoms with Crippen LogP contribution in [0.25, 0.3) is 0 Å². The fourth-order valence-electron chi connectivity index (χ4n) is 1.40. The summed E-state index contributed by atoms with van der Waals surface area (Å²) >= 11 is 0. The zero-order valence-corrected chi connectivity index (χ0v) is 8.35. The van der Waals surface area contributed by atoms with Gasteiger partial charge in [0.1, 0.15) is 5.69 Å². The number of benzene rings is 1. The molecule has 0 atom stereocenters. The number of nitrogen functional groups attached to an aromatic ring is 1. The van der Waals surface area contributed by atoms with Crippen LogP contribution in [0.15, 0.2) is 12.1 Å². The van der Waals surface area contributed by atoms with Gasteiger partial charge in [0.25, 0.3) is 0 Å². The molecule has 4 heteroatoms. The van der Waals surface area contributed by atoms with Crippen molar-refractivity contribution in [1.29, 1.82) is 0 Å². The second kappa shape index (κ2) is 4.26. The highest BCUT2D eigenvalue weighted by molar-refractivity contribution is 5.55. The molecule has 0 saturated carbocycles. The van der Waals surface area contributed by atoms with E-state index in [2.05, 4.69) is 0 Å². The molecular formula is C10H14F2N2. The summed E-state index contributed by atoms with van der Waals surface area (Å²) in [5, 5.41) is 0. The van der Waals surface area contributed by atoms with Crippen molar-refractivity contribution in [3.8, 4) is 0 Å². The van der Waals surface area contributed by atoms with Crippen molar-refractivity contribution in [3.63, 3.8) is 0 Å². The molecule has 0 fully saturated rings. The van der Waals surface area contributed by atoms with Gasteiger partial charge in [-0.05, 0) is 18.6 Å². The van der Waals surface area contributed by atoms with E-state index >= 15 is 0 Å². The summed E-state index contributed by atoms with van der Waals surface area (Å²) in [5.74, 6) is -1.23. The molecule has 2 nitrogen and oxygen atoms in total. The molecule has 1 aromatic carbocycles. The largest absolute Gasteiger partial charge is 0.399 e. The van der Waals surface area contributed by atoms with Gasteiger partial charge >= 0.3 is 0 Å². The molecule has 0 aromatic heterocycles. The van der Waals surface area contributed by atoms with Crippen LogP contribution in [0.5, 0.6) is 0 Å². The van der Waals surface area contributed by atoms with Crippen LogP contribution in [0.3, 0.4) is 0 Å². The van der Waals surface area contributed by atoms with Gasteiger partial charge < -0.3 is 10.6 Å². The summed E-state index contributed by atoms with van der Waals surface area (Å²) in [4.78, 5) is 1.55. The number of hydrogen-bond donors (Lipinski definition) is 1. The molecule has 0 unspecified atom stereocenters. The van der Waals surface area contributed by atoms with Crippen LogP contribution in [0.4, 0.5) is 20.2 Å². The Morgan fingerprint density at radius 1 is 1.29 bits per heavy atom. The summed E-state index contributed by atoms with van der Waals surface area (Å²) in [7, 11) is 1.65. The van der Waals surface area contributed by atoms with Gasteiger partial charge in [0.2, 0.25) is 0 Å². The third-order valence-electron chi connectivity index (χ3n) is 1.98. The topological polar surface area (TPSA) is 29.3 Å². The zero-order valence-electron chi connectivity index (χ0n) is 8.35. The molecular weight excluding hydrogens is 186 g/mol. The Bertz CT molecular complexity index is 303. The second-order valence-electron chi connectivity index (χ2n) is 3.25. The maximum atomic E-state index is 13.3. The van der Waals surface area contributed by atoms with Gasteiger partial charge in [-0.2, -0.15) is 0 Å². The molecule has 0 aliphatic carbocycles. The molecule has 0 radical (unpaired) electrons. The zero-order chi connectivity index (χ0) is 10.7. The number of rotatable bonds is 3.